The molecule has 0 unspecified atom stereocenters. The first-order chi connectivity index (χ1) is 14.2. The van der Waals surface area contributed by atoms with Gasteiger partial charge in [-0.1, -0.05) is 23.7 Å². The maximum atomic E-state index is 12.8. The van der Waals surface area contributed by atoms with E-state index in [4.69, 9.17) is 16.3 Å². The largest absolute Gasteiger partial charge is 0.494 e. The molecule has 0 fully saturated rings. The number of thiazole rings is 1. The lowest BCUT2D eigenvalue weighted by Gasteiger charge is -2.13. The van der Waals surface area contributed by atoms with Gasteiger partial charge in [-0.05, 0) is 38.1 Å². The van der Waals surface area contributed by atoms with Gasteiger partial charge in [0.2, 0.25) is 10.0 Å². The number of ether oxygens (including phenoxy) is 1. The summed E-state index contributed by atoms with van der Waals surface area (Å²) >= 11 is 7.31. The van der Waals surface area contributed by atoms with Crippen LogP contribution in [-0.2, 0) is 10.0 Å². The lowest BCUT2D eigenvalue weighted by Crippen LogP contribution is -2.16. The Kier molecular flexibility index (Phi) is 6.64. The van der Waals surface area contributed by atoms with Gasteiger partial charge in [0.1, 0.15) is 15.6 Å². The molecule has 10 heteroatoms. The first-order valence-corrected chi connectivity index (χ1v) is 11.8. The average Bonchev–Trinajstić information content (AvgIpc) is 3.11. The number of hydrogen-bond donors (Lipinski definition) is 2. The number of anilines is 2. The summed E-state index contributed by atoms with van der Waals surface area (Å²) in [6.45, 7) is 3.31. The summed E-state index contributed by atoms with van der Waals surface area (Å²) in [6.07, 6.45) is 0. The first kappa shape index (κ1) is 22.1. The Bertz CT molecular complexity index is 1190. The molecule has 0 radical (unpaired) electrons. The number of carbonyl (C=O) groups is 1. The third-order valence-electron chi connectivity index (χ3n) is 4.18. The van der Waals surface area contributed by atoms with Crippen LogP contribution in [0, 0.1) is 6.92 Å². The number of aromatic nitrogens is 1. The normalized spacial score (nSPS) is 11.2. The van der Waals surface area contributed by atoms with Crippen molar-refractivity contribution in [2.45, 2.75) is 13.8 Å². The van der Waals surface area contributed by atoms with E-state index in [1.807, 2.05) is 12.1 Å². The highest BCUT2D eigenvalue weighted by molar-refractivity contribution is 7.92. The van der Waals surface area contributed by atoms with Crippen molar-refractivity contribution in [3.63, 3.8) is 0 Å². The molecule has 2 aromatic carbocycles. The van der Waals surface area contributed by atoms with Crippen LogP contribution < -0.4 is 14.8 Å². The van der Waals surface area contributed by atoms with Crippen LogP contribution in [0.5, 0.6) is 5.75 Å². The third-order valence-corrected chi connectivity index (χ3v) is 6.91. The summed E-state index contributed by atoms with van der Waals surface area (Å²) in [5.41, 5.74) is 2.21. The molecule has 1 amide bonds. The molecule has 0 spiro atoms. The average molecular weight is 466 g/mol. The number of halogens is 1. The molecule has 0 atom stereocenters. The second-order valence-electron chi connectivity index (χ2n) is 6.32. The summed E-state index contributed by atoms with van der Waals surface area (Å²) in [6, 6.07) is 12.0. The van der Waals surface area contributed by atoms with Gasteiger partial charge in [0.25, 0.3) is 5.91 Å². The van der Waals surface area contributed by atoms with E-state index in [9.17, 15) is 13.2 Å². The molecule has 158 valence electrons. The predicted molar refractivity (Wildman–Crippen MR) is 121 cm³/mol. The van der Waals surface area contributed by atoms with Crippen LogP contribution in [0.2, 0.25) is 5.02 Å². The van der Waals surface area contributed by atoms with Crippen LogP contribution in [-0.4, -0.2) is 32.2 Å². The van der Waals surface area contributed by atoms with Crippen LogP contribution in [0.25, 0.3) is 10.6 Å². The highest BCUT2D eigenvalue weighted by atomic mass is 35.5. The summed E-state index contributed by atoms with van der Waals surface area (Å²) in [5, 5.41) is 4.09. The summed E-state index contributed by atoms with van der Waals surface area (Å²) < 4.78 is 31.3. The van der Waals surface area contributed by atoms with Crippen molar-refractivity contribution >= 4 is 50.2 Å². The minimum absolute atomic E-state index is 0.0613. The zero-order valence-corrected chi connectivity index (χ0v) is 18.9. The van der Waals surface area contributed by atoms with Crippen molar-refractivity contribution in [2.24, 2.45) is 0 Å². The van der Waals surface area contributed by atoms with Gasteiger partial charge in [0, 0.05) is 22.3 Å². The number of nitrogens with one attached hydrogen (secondary N) is 2. The quantitative estimate of drug-likeness (QED) is 0.522. The molecule has 1 aromatic heterocycles. The van der Waals surface area contributed by atoms with Crippen molar-refractivity contribution in [3.05, 3.63) is 58.1 Å². The number of amides is 1. The van der Waals surface area contributed by atoms with E-state index in [2.05, 4.69) is 15.0 Å². The van der Waals surface area contributed by atoms with E-state index in [1.165, 1.54) is 18.4 Å². The van der Waals surface area contributed by atoms with Crippen LogP contribution in [0.4, 0.5) is 11.4 Å². The number of carbonyl (C=O) groups excluding carboxylic acids is 1. The van der Waals surface area contributed by atoms with Crippen molar-refractivity contribution in [3.8, 4) is 16.3 Å². The molecule has 0 saturated carbocycles. The van der Waals surface area contributed by atoms with Crippen molar-refractivity contribution in [1.82, 2.24) is 4.98 Å². The van der Waals surface area contributed by atoms with Crippen LogP contribution in [0.1, 0.15) is 22.3 Å². The minimum Gasteiger partial charge on any atom is -0.494 e. The van der Waals surface area contributed by atoms with Gasteiger partial charge in [0.05, 0.1) is 24.2 Å². The maximum Gasteiger partial charge on any atom is 0.267 e. The van der Waals surface area contributed by atoms with E-state index in [1.54, 1.807) is 44.2 Å². The second-order valence-corrected chi connectivity index (χ2v) is 9.77. The van der Waals surface area contributed by atoms with Crippen molar-refractivity contribution < 1.29 is 17.9 Å². The predicted octanol–water partition coefficient (Wildman–Crippen LogP) is 4.79. The van der Waals surface area contributed by atoms with Gasteiger partial charge >= 0.3 is 0 Å². The number of sulfonamides is 1. The molecule has 0 bridgehead atoms. The number of aryl methyl sites for hydroxylation is 1. The molecule has 0 aliphatic rings. The van der Waals surface area contributed by atoms with E-state index in [0.717, 1.165) is 5.56 Å². The standard InChI is InChI=1S/C20H20ClN3O4S2/c1-4-30(26,27)24-16-9-8-15(11-17(16)28-3)23-19(25)18-12(2)22-20(29-18)13-6-5-7-14(21)10-13/h5-11,24H,4H2,1-3H3,(H,23,25). The monoisotopic (exact) mass is 465 g/mol. The molecular formula is C20H20ClN3O4S2. The van der Waals surface area contributed by atoms with Gasteiger partial charge < -0.3 is 10.1 Å². The maximum absolute atomic E-state index is 12.8. The number of methoxy groups -OCH3 is 1. The van der Waals surface area contributed by atoms with E-state index < -0.39 is 10.0 Å². The fourth-order valence-corrected chi connectivity index (χ4v) is 4.43. The van der Waals surface area contributed by atoms with Crippen LogP contribution >= 0.6 is 22.9 Å². The zero-order valence-electron chi connectivity index (χ0n) is 16.5. The highest BCUT2D eigenvalue weighted by Gasteiger charge is 2.18. The van der Waals surface area contributed by atoms with Crippen molar-refractivity contribution in [1.29, 1.82) is 0 Å². The number of rotatable bonds is 7. The summed E-state index contributed by atoms with van der Waals surface area (Å²) in [5.74, 6) is -0.0819. The molecule has 0 aliphatic heterocycles. The topological polar surface area (TPSA) is 97.4 Å². The fourth-order valence-electron chi connectivity index (χ4n) is 2.63. The van der Waals surface area contributed by atoms with Gasteiger partial charge in [-0.3, -0.25) is 9.52 Å². The zero-order chi connectivity index (χ0) is 21.9. The minimum atomic E-state index is -3.45. The Labute approximate surface area is 184 Å². The van der Waals surface area contributed by atoms with Crippen LogP contribution in [0.15, 0.2) is 42.5 Å². The molecule has 3 rings (SSSR count). The highest BCUT2D eigenvalue weighted by Crippen LogP contribution is 2.32. The number of hydrogen-bond acceptors (Lipinski definition) is 6. The molecule has 0 aliphatic carbocycles. The number of benzene rings is 2. The molecular weight excluding hydrogens is 446 g/mol. The van der Waals surface area contributed by atoms with E-state index >= 15 is 0 Å². The first-order valence-electron chi connectivity index (χ1n) is 8.95. The van der Waals surface area contributed by atoms with E-state index in [0.29, 0.717) is 37.7 Å². The van der Waals surface area contributed by atoms with Crippen LogP contribution in [0.3, 0.4) is 0 Å². The summed E-state index contributed by atoms with van der Waals surface area (Å²) in [4.78, 5) is 17.7. The number of nitrogens with zero attached hydrogens (tertiary/aromatic N) is 1. The molecule has 7 nitrogen and oxygen atoms in total. The Morgan fingerprint density at radius 3 is 2.67 bits per heavy atom. The summed E-state index contributed by atoms with van der Waals surface area (Å²) in [7, 11) is -2.02. The molecule has 3 aromatic rings. The smallest absolute Gasteiger partial charge is 0.267 e. The SMILES string of the molecule is CCS(=O)(=O)Nc1ccc(NC(=O)c2sc(-c3cccc(Cl)c3)nc2C)cc1OC. The molecule has 30 heavy (non-hydrogen) atoms. The van der Waals surface area contributed by atoms with E-state index in [-0.39, 0.29) is 11.7 Å². The lowest BCUT2D eigenvalue weighted by molar-refractivity contribution is 0.103. The van der Waals surface area contributed by atoms with Gasteiger partial charge in [-0.25, -0.2) is 13.4 Å². The Morgan fingerprint density at radius 1 is 1.23 bits per heavy atom. The van der Waals surface area contributed by atoms with Gasteiger partial charge in [0.15, 0.2) is 0 Å². The molecule has 1 heterocycles. The molecule has 2 N–H and O–H groups in total. The van der Waals surface area contributed by atoms with Gasteiger partial charge in [-0.2, -0.15) is 0 Å². The lowest BCUT2D eigenvalue weighted by atomic mass is 10.2. The Balaban J connectivity index is 1.82. The van der Waals surface area contributed by atoms with Crippen molar-refractivity contribution in [2.75, 3.05) is 22.9 Å². The fraction of sp³-hybridized carbons (Fsp3) is 0.200. The second kappa shape index (κ2) is 9.03. The Morgan fingerprint density at radius 2 is 2.00 bits per heavy atom. The third kappa shape index (κ3) is 5.10. The molecule has 0 saturated heterocycles. The van der Waals surface area contributed by atoms with Gasteiger partial charge in [-0.15, -0.1) is 11.3 Å². The Hall–Kier alpha value is -2.62.